The topological polar surface area (TPSA) is 102 Å². The summed E-state index contributed by atoms with van der Waals surface area (Å²) in [5, 5.41) is 11.9. The molecule has 0 saturated carbocycles. The molecule has 6 nitrogen and oxygen atoms in total. The van der Waals surface area contributed by atoms with Crippen LogP contribution in [0.5, 0.6) is 5.75 Å². The van der Waals surface area contributed by atoms with E-state index < -0.39 is 17.9 Å². The largest absolute Gasteiger partial charge is 0.497 e. The Morgan fingerprint density at radius 2 is 2.21 bits per heavy atom. The van der Waals surface area contributed by atoms with Gasteiger partial charge in [-0.3, -0.25) is 9.59 Å². The van der Waals surface area contributed by atoms with Crippen LogP contribution in [0.2, 0.25) is 0 Å². The first-order chi connectivity index (χ1) is 9.02. The normalized spacial score (nSPS) is 11.8. The van der Waals surface area contributed by atoms with Gasteiger partial charge in [-0.15, -0.1) is 0 Å². The van der Waals surface area contributed by atoms with Crippen LogP contribution in [0.4, 0.5) is 0 Å². The summed E-state index contributed by atoms with van der Waals surface area (Å²) >= 11 is 0. The van der Waals surface area contributed by atoms with Gasteiger partial charge in [-0.2, -0.15) is 0 Å². The smallest absolute Gasteiger partial charge is 0.320 e. The van der Waals surface area contributed by atoms with E-state index >= 15 is 0 Å². The zero-order valence-corrected chi connectivity index (χ0v) is 10.8. The summed E-state index contributed by atoms with van der Waals surface area (Å²) in [6, 6.07) is 6.53. The van der Waals surface area contributed by atoms with Gasteiger partial charge in [-0.25, -0.2) is 0 Å². The van der Waals surface area contributed by atoms with Crippen LogP contribution in [-0.2, 0) is 16.1 Å². The lowest BCUT2D eigenvalue weighted by Crippen LogP contribution is -2.37. The van der Waals surface area contributed by atoms with Gasteiger partial charge in [-0.05, 0) is 24.1 Å². The molecular formula is C13H18N2O4. The van der Waals surface area contributed by atoms with E-state index in [1.165, 1.54) is 0 Å². The Hall–Kier alpha value is -2.08. The van der Waals surface area contributed by atoms with E-state index in [1.54, 1.807) is 7.11 Å². The maximum Gasteiger partial charge on any atom is 0.320 e. The van der Waals surface area contributed by atoms with E-state index in [-0.39, 0.29) is 12.8 Å². The lowest BCUT2D eigenvalue weighted by Gasteiger charge is -2.14. The minimum atomic E-state index is -0.996. The third-order valence-electron chi connectivity index (χ3n) is 2.66. The molecule has 0 spiro atoms. The zero-order valence-electron chi connectivity index (χ0n) is 10.8. The number of primary amides is 1. The average molecular weight is 266 g/mol. The second kappa shape index (κ2) is 7.38. The number of amides is 1. The molecule has 1 atom stereocenters. The number of hydrogen-bond acceptors (Lipinski definition) is 4. The number of nitrogens with one attached hydrogen (secondary N) is 1. The molecule has 6 heteroatoms. The summed E-state index contributed by atoms with van der Waals surface area (Å²) < 4.78 is 5.08. The highest BCUT2D eigenvalue weighted by molar-refractivity contribution is 5.77. The Labute approximate surface area is 111 Å². The molecule has 0 fully saturated rings. The van der Waals surface area contributed by atoms with Crippen molar-refractivity contribution in [2.75, 3.05) is 7.11 Å². The Bertz CT molecular complexity index is 448. The lowest BCUT2D eigenvalue weighted by molar-refractivity contribution is -0.139. The summed E-state index contributed by atoms with van der Waals surface area (Å²) in [4.78, 5) is 21.7. The summed E-state index contributed by atoms with van der Waals surface area (Å²) in [6.45, 7) is 0.382. The number of benzene rings is 1. The average Bonchev–Trinajstić information content (AvgIpc) is 2.38. The fourth-order valence-corrected chi connectivity index (χ4v) is 1.62. The van der Waals surface area contributed by atoms with E-state index in [9.17, 15) is 9.59 Å². The van der Waals surface area contributed by atoms with Crippen molar-refractivity contribution in [3.63, 3.8) is 0 Å². The van der Waals surface area contributed by atoms with Crippen molar-refractivity contribution in [3.8, 4) is 5.75 Å². The van der Waals surface area contributed by atoms with Gasteiger partial charge in [0.2, 0.25) is 5.91 Å². The van der Waals surface area contributed by atoms with Crippen LogP contribution in [0, 0.1) is 0 Å². The molecule has 0 bridgehead atoms. The quantitative estimate of drug-likeness (QED) is 0.636. The molecule has 1 aromatic carbocycles. The Morgan fingerprint density at radius 3 is 2.79 bits per heavy atom. The number of ether oxygens (including phenoxy) is 1. The molecule has 1 unspecified atom stereocenters. The predicted molar refractivity (Wildman–Crippen MR) is 69.7 cm³/mol. The number of methoxy groups -OCH3 is 1. The third-order valence-corrected chi connectivity index (χ3v) is 2.66. The van der Waals surface area contributed by atoms with Crippen molar-refractivity contribution in [1.29, 1.82) is 0 Å². The number of hydrogen-bond donors (Lipinski definition) is 3. The summed E-state index contributed by atoms with van der Waals surface area (Å²) in [5.41, 5.74) is 5.92. The van der Waals surface area contributed by atoms with Gasteiger partial charge in [-0.1, -0.05) is 12.1 Å². The maximum absolute atomic E-state index is 11.0. The van der Waals surface area contributed by atoms with Gasteiger partial charge in [0.05, 0.1) is 7.11 Å². The van der Waals surface area contributed by atoms with Crippen molar-refractivity contribution < 1.29 is 19.4 Å². The lowest BCUT2D eigenvalue weighted by atomic mass is 10.1. The summed E-state index contributed by atoms with van der Waals surface area (Å²) in [7, 11) is 1.57. The molecule has 1 rings (SSSR count). The molecule has 0 aliphatic heterocycles. The van der Waals surface area contributed by atoms with Crippen LogP contribution in [0.1, 0.15) is 18.4 Å². The predicted octanol–water partition coefficient (Wildman–Crippen LogP) is 0.504. The van der Waals surface area contributed by atoms with E-state index in [0.717, 1.165) is 5.56 Å². The second-order valence-electron chi connectivity index (χ2n) is 4.13. The van der Waals surface area contributed by atoms with E-state index in [4.69, 9.17) is 15.6 Å². The maximum atomic E-state index is 11.0. The van der Waals surface area contributed by atoms with Crippen molar-refractivity contribution in [1.82, 2.24) is 5.32 Å². The zero-order chi connectivity index (χ0) is 14.3. The number of rotatable bonds is 8. The van der Waals surface area contributed by atoms with E-state index in [0.29, 0.717) is 12.3 Å². The standard InChI is InChI=1S/C13H18N2O4/c1-19-10-4-2-3-9(7-10)8-15-11(13(17)18)5-6-12(14)16/h2-4,7,11,15H,5-6,8H2,1H3,(H2,14,16)(H,17,18). The Kier molecular flexibility index (Phi) is 5.81. The minimum absolute atomic E-state index is 0.0437. The van der Waals surface area contributed by atoms with Gasteiger partial charge in [0.25, 0.3) is 0 Å². The van der Waals surface area contributed by atoms with Gasteiger partial charge in [0, 0.05) is 13.0 Å². The number of carboxylic acid groups (broad SMARTS) is 1. The molecule has 0 heterocycles. The van der Waals surface area contributed by atoms with Crippen LogP contribution >= 0.6 is 0 Å². The molecule has 19 heavy (non-hydrogen) atoms. The van der Waals surface area contributed by atoms with Crippen molar-refractivity contribution >= 4 is 11.9 Å². The highest BCUT2D eigenvalue weighted by Crippen LogP contribution is 2.12. The van der Waals surface area contributed by atoms with Crippen LogP contribution in [0.25, 0.3) is 0 Å². The highest BCUT2D eigenvalue weighted by Gasteiger charge is 2.17. The van der Waals surface area contributed by atoms with Crippen molar-refractivity contribution in [2.24, 2.45) is 5.73 Å². The van der Waals surface area contributed by atoms with Gasteiger partial charge < -0.3 is 20.9 Å². The number of aliphatic carboxylic acids is 1. The van der Waals surface area contributed by atoms with Gasteiger partial charge in [0.1, 0.15) is 11.8 Å². The highest BCUT2D eigenvalue weighted by atomic mass is 16.5. The molecule has 1 amide bonds. The van der Waals surface area contributed by atoms with E-state index in [1.807, 2.05) is 24.3 Å². The number of carboxylic acids is 1. The molecule has 0 radical (unpaired) electrons. The monoisotopic (exact) mass is 266 g/mol. The van der Waals surface area contributed by atoms with Crippen molar-refractivity contribution in [2.45, 2.75) is 25.4 Å². The molecule has 4 N–H and O–H groups in total. The fourth-order valence-electron chi connectivity index (χ4n) is 1.62. The molecule has 104 valence electrons. The van der Waals surface area contributed by atoms with Crippen LogP contribution in [0.3, 0.4) is 0 Å². The fraction of sp³-hybridized carbons (Fsp3) is 0.385. The number of carbonyl (C=O) groups is 2. The Morgan fingerprint density at radius 1 is 1.47 bits per heavy atom. The Balaban J connectivity index is 2.55. The SMILES string of the molecule is COc1cccc(CNC(CCC(N)=O)C(=O)O)c1. The molecule has 0 saturated heterocycles. The summed E-state index contributed by atoms with van der Waals surface area (Å²) in [6.07, 6.45) is 0.219. The second-order valence-corrected chi connectivity index (χ2v) is 4.13. The minimum Gasteiger partial charge on any atom is -0.497 e. The van der Waals surface area contributed by atoms with Crippen molar-refractivity contribution in [3.05, 3.63) is 29.8 Å². The first-order valence-corrected chi connectivity index (χ1v) is 5.90. The van der Waals surface area contributed by atoms with Crippen LogP contribution < -0.4 is 15.8 Å². The van der Waals surface area contributed by atoms with Gasteiger partial charge >= 0.3 is 5.97 Å². The third kappa shape index (κ3) is 5.39. The number of nitrogens with two attached hydrogens (primary N) is 1. The molecule has 0 aromatic heterocycles. The first-order valence-electron chi connectivity index (χ1n) is 5.90. The molecule has 0 aliphatic carbocycles. The summed E-state index contributed by atoms with van der Waals surface area (Å²) in [5.74, 6) is -0.790. The van der Waals surface area contributed by atoms with Crippen LogP contribution in [-0.4, -0.2) is 30.1 Å². The number of carbonyl (C=O) groups excluding carboxylic acids is 1. The molecular weight excluding hydrogens is 248 g/mol. The molecule has 0 aliphatic rings. The van der Waals surface area contributed by atoms with Gasteiger partial charge in [0.15, 0.2) is 0 Å². The first kappa shape index (κ1) is 15.0. The van der Waals surface area contributed by atoms with E-state index in [2.05, 4.69) is 5.32 Å². The molecule has 1 aromatic rings. The van der Waals surface area contributed by atoms with Crippen LogP contribution in [0.15, 0.2) is 24.3 Å².